The maximum Gasteiger partial charge on any atom is 0.137 e. The van der Waals surface area contributed by atoms with Crippen molar-refractivity contribution in [3.63, 3.8) is 0 Å². The topological polar surface area (TPSA) is 13.1 Å². The van der Waals surface area contributed by atoms with Crippen molar-refractivity contribution in [1.29, 1.82) is 0 Å². The van der Waals surface area contributed by atoms with Crippen LogP contribution in [0.25, 0.3) is 11.0 Å². The van der Waals surface area contributed by atoms with Crippen molar-refractivity contribution in [3.8, 4) is 0 Å². The predicted molar refractivity (Wildman–Crippen MR) is 68.9 cm³/mol. The summed E-state index contributed by atoms with van der Waals surface area (Å²) in [7, 11) is 0. The summed E-state index contributed by atoms with van der Waals surface area (Å²) < 4.78 is 6.05. The molecule has 0 atom stereocenters. The fourth-order valence-electron chi connectivity index (χ4n) is 1.91. The van der Waals surface area contributed by atoms with E-state index in [4.69, 9.17) is 4.42 Å². The molecular weight excluding hydrogens is 196 g/mol. The highest BCUT2D eigenvalue weighted by Gasteiger charge is 2.23. The fourth-order valence-corrected chi connectivity index (χ4v) is 1.91. The molecule has 0 spiro atoms. The Morgan fingerprint density at radius 2 is 1.94 bits per heavy atom. The summed E-state index contributed by atoms with van der Waals surface area (Å²) in [6.45, 7) is 8.84. The summed E-state index contributed by atoms with van der Waals surface area (Å²) in [5.41, 5.74) is 2.50. The van der Waals surface area contributed by atoms with Crippen LogP contribution < -0.4 is 0 Å². The molecule has 1 heterocycles. The van der Waals surface area contributed by atoms with Crippen LogP contribution >= 0.6 is 0 Å². The van der Waals surface area contributed by atoms with Gasteiger partial charge in [-0.15, -0.1) is 0 Å². The molecule has 0 amide bonds. The molecule has 86 valence electrons. The maximum atomic E-state index is 6.05. The molecule has 0 aliphatic heterocycles. The van der Waals surface area contributed by atoms with Gasteiger partial charge < -0.3 is 4.42 Å². The molecule has 1 aromatic carbocycles. The minimum Gasteiger partial charge on any atom is -0.460 e. The first-order valence-corrected chi connectivity index (χ1v) is 6.10. The molecule has 1 heteroatoms. The third-order valence-corrected chi connectivity index (χ3v) is 3.56. The third kappa shape index (κ3) is 1.75. The first-order chi connectivity index (χ1) is 7.58. The average Bonchev–Trinajstić information content (AvgIpc) is 2.73. The highest BCUT2D eigenvalue weighted by molar-refractivity contribution is 5.81. The van der Waals surface area contributed by atoms with E-state index in [2.05, 4.69) is 52.0 Å². The van der Waals surface area contributed by atoms with Crippen molar-refractivity contribution in [2.45, 2.75) is 46.0 Å². The van der Waals surface area contributed by atoms with Gasteiger partial charge in [-0.1, -0.05) is 45.9 Å². The fraction of sp³-hybridized carbons (Fsp3) is 0.467. The quantitative estimate of drug-likeness (QED) is 0.726. The lowest BCUT2D eigenvalue weighted by atomic mass is 9.87. The van der Waals surface area contributed by atoms with Gasteiger partial charge in [0.15, 0.2) is 0 Å². The number of furan rings is 1. The molecule has 2 aromatic rings. The number of rotatable bonds is 3. The molecule has 0 saturated heterocycles. The smallest absolute Gasteiger partial charge is 0.137 e. The summed E-state index contributed by atoms with van der Waals surface area (Å²) >= 11 is 0. The number of hydrogen-bond donors (Lipinski definition) is 0. The molecule has 0 N–H and O–H groups in total. The Labute approximate surface area is 97.5 Å². The lowest BCUT2D eigenvalue weighted by Crippen LogP contribution is -2.13. The highest BCUT2D eigenvalue weighted by atomic mass is 16.3. The Bertz CT molecular complexity index is 491. The van der Waals surface area contributed by atoms with Crippen LogP contribution in [0.4, 0.5) is 0 Å². The molecule has 0 bridgehead atoms. The monoisotopic (exact) mass is 216 g/mol. The first-order valence-electron chi connectivity index (χ1n) is 6.10. The van der Waals surface area contributed by atoms with E-state index in [1.165, 1.54) is 10.9 Å². The van der Waals surface area contributed by atoms with Gasteiger partial charge in [-0.05, 0) is 24.5 Å². The molecule has 0 aliphatic rings. The van der Waals surface area contributed by atoms with Crippen LogP contribution in [0.5, 0.6) is 0 Å². The number of fused-ring (bicyclic) bond motifs is 1. The first kappa shape index (κ1) is 11.3. The second kappa shape index (κ2) is 3.97. The summed E-state index contributed by atoms with van der Waals surface area (Å²) in [5.74, 6) is 1.10. The van der Waals surface area contributed by atoms with Crippen molar-refractivity contribution >= 4 is 11.0 Å². The third-order valence-electron chi connectivity index (χ3n) is 3.56. The largest absolute Gasteiger partial charge is 0.460 e. The van der Waals surface area contributed by atoms with Gasteiger partial charge in [-0.25, -0.2) is 0 Å². The molecule has 1 aromatic heterocycles. The molecule has 0 radical (unpaired) electrons. The Morgan fingerprint density at radius 1 is 1.19 bits per heavy atom. The minimum atomic E-state index is 0.129. The van der Waals surface area contributed by atoms with Crippen LogP contribution in [-0.2, 0) is 11.8 Å². The maximum absolute atomic E-state index is 6.05. The van der Waals surface area contributed by atoms with E-state index >= 15 is 0 Å². The van der Waals surface area contributed by atoms with Gasteiger partial charge >= 0.3 is 0 Å². The van der Waals surface area contributed by atoms with Crippen LogP contribution in [0.2, 0.25) is 0 Å². The van der Waals surface area contributed by atoms with Crippen molar-refractivity contribution in [2.75, 3.05) is 0 Å². The molecule has 1 nitrogen and oxygen atoms in total. The summed E-state index contributed by atoms with van der Waals surface area (Å²) in [4.78, 5) is 0. The van der Waals surface area contributed by atoms with Crippen molar-refractivity contribution in [1.82, 2.24) is 0 Å². The van der Waals surface area contributed by atoms with Gasteiger partial charge in [0.25, 0.3) is 0 Å². The number of hydrogen-bond acceptors (Lipinski definition) is 1. The zero-order valence-corrected chi connectivity index (χ0v) is 10.6. The molecule has 0 fully saturated rings. The van der Waals surface area contributed by atoms with Crippen LogP contribution in [0.3, 0.4) is 0 Å². The number of benzene rings is 1. The van der Waals surface area contributed by atoms with E-state index in [0.717, 1.165) is 24.2 Å². The van der Waals surface area contributed by atoms with E-state index in [-0.39, 0.29) is 5.41 Å². The predicted octanol–water partition coefficient (Wildman–Crippen LogP) is 4.68. The van der Waals surface area contributed by atoms with Crippen molar-refractivity contribution < 1.29 is 4.42 Å². The zero-order chi connectivity index (χ0) is 11.8. The lowest BCUT2D eigenvalue weighted by Gasteiger charge is -2.18. The molecular formula is C15H20O. The Hall–Kier alpha value is -1.24. The normalized spacial score (nSPS) is 12.2. The Kier molecular flexibility index (Phi) is 2.79. The second-order valence-corrected chi connectivity index (χ2v) is 5.04. The van der Waals surface area contributed by atoms with E-state index in [0.29, 0.717) is 0 Å². The number of para-hydroxylation sites is 1. The summed E-state index contributed by atoms with van der Waals surface area (Å²) in [6, 6.07) is 8.58. The lowest BCUT2D eigenvalue weighted by molar-refractivity contribution is 0.390. The van der Waals surface area contributed by atoms with Gasteiger partial charge in [0.2, 0.25) is 0 Å². The van der Waals surface area contributed by atoms with Gasteiger partial charge in [-0.2, -0.15) is 0 Å². The van der Waals surface area contributed by atoms with Crippen LogP contribution in [0.1, 0.15) is 45.4 Å². The molecule has 0 aliphatic carbocycles. The van der Waals surface area contributed by atoms with Crippen LogP contribution in [-0.4, -0.2) is 0 Å². The van der Waals surface area contributed by atoms with Crippen LogP contribution in [0.15, 0.2) is 28.7 Å². The molecule has 0 saturated carbocycles. The van der Waals surface area contributed by atoms with E-state index in [1.54, 1.807) is 0 Å². The van der Waals surface area contributed by atoms with Crippen molar-refractivity contribution in [2.24, 2.45) is 0 Å². The van der Waals surface area contributed by atoms with E-state index in [1.807, 2.05) is 0 Å². The summed E-state index contributed by atoms with van der Waals surface area (Å²) in [6.07, 6.45) is 2.12. The molecule has 0 unspecified atom stereocenters. The number of aryl methyl sites for hydroxylation is 1. The van der Waals surface area contributed by atoms with Gasteiger partial charge in [0.1, 0.15) is 11.3 Å². The second-order valence-electron chi connectivity index (χ2n) is 5.04. The standard InChI is InChI=1S/C15H20O/c1-5-11-8-7-9-12-10-13(16-14(11)12)15(3,4)6-2/h7-10H,5-6H2,1-4H3. The van der Waals surface area contributed by atoms with Crippen LogP contribution in [0, 0.1) is 0 Å². The van der Waals surface area contributed by atoms with Gasteiger partial charge in [-0.3, -0.25) is 0 Å². The SMILES string of the molecule is CCc1cccc2cc(C(C)(C)CC)oc12. The zero-order valence-electron chi connectivity index (χ0n) is 10.6. The van der Waals surface area contributed by atoms with E-state index in [9.17, 15) is 0 Å². The molecule has 2 rings (SSSR count). The minimum absolute atomic E-state index is 0.129. The van der Waals surface area contributed by atoms with E-state index < -0.39 is 0 Å². The Balaban J connectivity index is 2.60. The van der Waals surface area contributed by atoms with Gasteiger partial charge in [0.05, 0.1) is 0 Å². The van der Waals surface area contributed by atoms with Gasteiger partial charge in [0, 0.05) is 10.8 Å². The Morgan fingerprint density at radius 3 is 2.56 bits per heavy atom. The highest BCUT2D eigenvalue weighted by Crippen LogP contribution is 2.33. The molecule has 16 heavy (non-hydrogen) atoms. The van der Waals surface area contributed by atoms with Crippen molar-refractivity contribution in [3.05, 3.63) is 35.6 Å². The average molecular weight is 216 g/mol. The summed E-state index contributed by atoms with van der Waals surface area (Å²) in [5, 5.41) is 1.23.